The molecule has 0 aliphatic heterocycles. The van der Waals surface area contributed by atoms with Crippen molar-refractivity contribution in [3.63, 3.8) is 0 Å². The molecule has 0 radical (unpaired) electrons. The number of rotatable bonds is 2. The van der Waals surface area contributed by atoms with Crippen LogP contribution in [0.15, 0.2) is 48.9 Å². The van der Waals surface area contributed by atoms with Gasteiger partial charge in [-0.2, -0.15) is 0 Å². The molecule has 0 atom stereocenters. The fraction of sp³-hybridized carbons (Fsp3) is 0.0714. The molecule has 3 aromatic rings. The summed E-state index contributed by atoms with van der Waals surface area (Å²) in [6.45, 7) is 0.00167. The lowest BCUT2D eigenvalue weighted by Gasteiger charge is -2.07. The standard InChI is InChI=1S/C14H11ClN2O/c15-12-3-1-2-11(7-12)13-6-10(9-18)8-17-5-4-16-14(13)17/h1-8,18H,9H2. The Morgan fingerprint density at radius 1 is 1.28 bits per heavy atom. The molecule has 18 heavy (non-hydrogen) atoms. The highest BCUT2D eigenvalue weighted by atomic mass is 35.5. The van der Waals surface area contributed by atoms with Crippen LogP contribution in [0.4, 0.5) is 0 Å². The number of hydrogen-bond donors (Lipinski definition) is 1. The second-order valence-corrected chi connectivity index (χ2v) is 4.53. The van der Waals surface area contributed by atoms with Crippen LogP contribution < -0.4 is 0 Å². The van der Waals surface area contributed by atoms with Crippen molar-refractivity contribution < 1.29 is 5.11 Å². The summed E-state index contributed by atoms with van der Waals surface area (Å²) in [6, 6.07) is 9.56. The minimum absolute atomic E-state index is 0.00167. The quantitative estimate of drug-likeness (QED) is 0.767. The number of imidazole rings is 1. The Labute approximate surface area is 109 Å². The molecule has 3 rings (SSSR count). The highest BCUT2D eigenvalue weighted by molar-refractivity contribution is 6.30. The first-order chi connectivity index (χ1) is 8.78. The average molecular weight is 259 g/mol. The molecule has 4 heteroatoms. The molecule has 0 aliphatic carbocycles. The molecule has 90 valence electrons. The third-order valence-corrected chi connectivity index (χ3v) is 3.10. The lowest BCUT2D eigenvalue weighted by molar-refractivity contribution is 0.281. The maximum atomic E-state index is 9.30. The van der Waals surface area contributed by atoms with Crippen molar-refractivity contribution in [2.75, 3.05) is 0 Å². The summed E-state index contributed by atoms with van der Waals surface area (Å²) in [5.74, 6) is 0. The Balaban J connectivity index is 2.29. The summed E-state index contributed by atoms with van der Waals surface area (Å²) >= 11 is 6.02. The van der Waals surface area contributed by atoms with E-state index in [1.807, 2.05) is 47.1 Å². The van der Waals surface area contributed by atoms with E-state index in [9.17, 15) is 5.11 Å². The lowest BCUT2D eigenvalue weighted by atomic mass is 10.1. The van der Waals surface area contributed by atoms with Crippen LogP contribution in [-0.2, 0) is 6.61 Å². The predicted molar refractivity (Wildman–Crippen MR) is 71.6 cm³/mol. The molecule has 0 amide bonds. The van der Waals surface area contributed by atoms with Crippen molar-refractivity contribution in [2.24, 2.45) is 0 Å². The molecule has 0 unspecified atom stereocenters. The van der Waals surface area contributed by atoms with Crippen LogP contribution in [0.3, 0.4) is 0 Å². The van der Waals surface area contributed by atoms with E-state index in [4.69, 9.17) is 11.6 Å². The first kappa shape index (κ1) is 11.3. The van der Waals surface area contributed by atoms with E-state index < -0.39 is 0 Å². The maximum absolute atomic E-state index is 9.30. The number of aliphatic hydroxyl groups excluding tert-OH is 1. The van der Waals surface area contributed by atoms with Crippen LogP contribution >= 0.6 is 11.6 Å². The first-order valence-electron chi connectivity index (χ1n) is 5.60. The molecule has 2 aromatic heterocycles. The number of fused-ring (bicyclic) bond motifs is 1. The highest BCUT2D eigenvalue weighted by Gasteiger charge is 2.08. The minimum Gasteiger partial charge on any atom is -0.392 e. The van der Waals surface area contributed by atoms with Gasteiger partial charge in [0.2, 0.25) is 0 Å². The average Bonchev–Trinajstić information content (AvgIpc) is 2.85. The minimum atomic E-state index is 0.00167. The third kappa shape index (κ3) is 1.88. The predicted octanol–water partition coefficient (Wildman–Crippen LogP) is 3.15. The van der Waals surface area contributed by atoms with Gasteiger partial charge in [0.05, 0.1) is 6.61 Å². The zero-order valence-electron chi connectivity index (χ0n) is 9.55. The monoisotopic (exact) mass is 258 g/mol. The Hall–Kier alpha value is -1.84. The summed E-state index contributed by atoms with van der Waals surface area (Å²) in [5, 5.41) is 9.99. The van der Waals surface area contributed by atoms with Crippen LogP contribution in [0.2, 0.25) is 5.02 Å². The zero-order valence-corrected chi connectivity index (χ0v) is 10.3. The Bertz CT molecular complexity index is 706. The van der Waals surface area contributed by atoms with Gasteiger partial charge in [-0.3, -0.25) is 0 Å². The second kappa shape index (κ2) is 4.44. The summed E-state index contributed by atoms with van der Waals surface area (Å²) in [5.41, 5.74) is 3.66. The number of pyridine rings is 1. The molecule has 0 aliphatic rings. The van der Waals surface area contributed by atoms with Gasteiger partial charge in [0.1, 0.15) is 5.65 Å². The van der Waals surface area contributed by atoms with E-state index in [2.05, 4.69) is 4.98 Å². The molecular weight excluding hydrogens is 248 g/mol. The number of aliphatic hydroxyl groups is 1. The third-order valence-electron chi connectivity index (χ3n) is 2.86. The van der Waals surface area contributed by atoms with Crippen LogP contribution in [0.1, 0.15) is 5.56 Å². The van der Waals surface area contributed by atoms with Crippen molar-refractivity contribution in [3.8, 4) is 11.1 Å². The normalized spacial score (nSPS) is 11.0. The SMILES string of the molecule is OCc1cc(-c2cccc(Cl)c2)c2nccn2c1. The summed E-state index contributed by atoms with van der Waals surface area (Å²) < 4.78 is 1.90. The number of halogens is 1. The van der Waals surface area contributed by atoms with Crippen molar-refractivity contribution in [1.82, 2.24) is 9.38 Å². The van der Waals surface area contributed by atoms with Gasteiger partial charge < -0.3 is 9.51 Å². The molecule has 2 heterocycles. The van der Waals surface area contributed by atoms with Gasteiger partial charge in [0, 0.05) is 29.2 Å². The zero-order chi connectivity index (χ0) is 12.5. The second-order valence-electron chi connectivity index (χ2n) is 4.09. The largest absolute Gasteiger partial charge is 0.392 e. The van der Waals surface area contributed by atoms with Crippen molar-refractivity contribution in [1.29, 1.82) is 0 Å². The number of hydrogen-bond acceptors (Lipinski definition) is 2. The molecule has 1 N–H and O–H groups in total. The van der Waals surface area contributed by atoms with Gasteiger partial charge in [-0.25, -0.2) is 4.98 Å². The molecule has 0 spiro atoms. The van der Waals surface area contributed by atoms with Crippen LogP contribution in [0.25, 0.3) is 16.8 Å². The summed E-state index contributed by atoms with van der Waals surface area (Å²) in [6.07, 6.45) is 5.48. The van der Waals surface area contributed by atoms with E-state index in [1.54, 1.807) is 6.20 Å². The van der Waals surface area contributed by atoms with Gasteiger partial charge in [0.15, 0.2) is 0 Å². The van der Waals surface area contributed by atoms with E-state index in [-0.39, 0.29) is 6.61 Å². The fourth-order valence-corrected chi connectivity index (χ4v) is 2.24. The van der Waals surface area contributed by atoms with E-state index >= 15 is 0 Å². The van der Waals surface area contributed by atoms with Crippen molar-refractivity contribution in [2.45, 2.75) is 6.61 Å². The number of nitrogens with zero attached hydrogens (tertiary/aromatic N) is 2. The molecular formula is C14H11ClN2O. The molecule has 0 saturated carbocycles. The fourth-order valence-electron chi connectivity index (χ4n) is 2.05. The Morgan fingerprint density at radius 2 is 2.17 bits per heavy atom. The molecule has 1 aromatic carbocycles. The Kier molecular flexibility index (Phi) is 2.78. The van der Waals surface area contributed by atoms with E-state index in [0.717, 1.165) is 22.3 Å². The van der Waals surface area contributed by atoms with Gasteiger partial charge in [-0.15, -0.1) is 0 Å². The van der Waals surface area contributed by atoms with Gasteiger partial charge in [-0.1, -0.05) is 23.7 Å². The maximum Gasteiger partial charge on any atom is 0.144 e. The van der Waals surface area contributed by atoms with E-state index in [0.29, 0.717) is 5.02 Å². The van der Waals surface area contributed by atoms with Crippen LogP contribution in [-0.4, -0.2) is 14.5 Å². The molecule has 0 fully saturated rings. The molecule has 0 saturated heterocycles. The van der Waals surface area contributed by atoms with Gasteiger partial charge >= 0.3 is 0 Å². The summed E-state index contributed by atoms with van der Waals surface area (Å²) in [7, 11) is 0. The first-order valence-corrected chi connectivity index (χ1v) is 5.98. The molecule has 3 nitrogen and oxygen atoms in total. The van der Waals surface area contributed by atoms with Crippen molar-refractivity contribution >= 4 is 17.2 Å². The van der Waals surface area contributed by atoms with Gasteiger partial charge in [0.25, 0.3) is 0 Å². The molecule has 0 bridgehead atoms. The summed E-state index contributed by atoms with van der Waals surface area (Å²) in [4.78, 5) is 4.34. The topological polar surface area (TPSA) is 37.5 Å². The van der Waals surface area contributed by atoms with Gasteiger partial charge in [-0.05, 0) is 29.3 Å². The number of aromatic nitrogens is 2. The van der Waals surface area contributed by atoms with E-state index in [1.165, 1.54) is 0 Å². The lowest BCUT2D eigenvalue weighted by Crippen LogP contribution is -1.93. The van der Waals surface area contributed by atoms with Crippen LogP contribution in [0.5, 0.6) is 0 Å². The number of benzene rings is 1. The Morgan fingerprint density at radius 3 is 2.94 bits per heavy atom. The van der Waals surface area contributed by atoms with Crippen molar-refractivity contribution in [3.05, 3.63) is 59.5 Å². The van der Waals surface area contributed by atoms with Crippen LogP contribution in [0, 0.1) is 0 Å². The highest BCUT2D eigenvalue weighted by Crippen LogP contribution is 2.27. The smallest absolute Gasteiger partial charge is 0.144 e.